The lowest BCUT2D eigenvalue weighted by Crippen LogP contribution is -2.56. The van der Waals surface area contributed by atoms with Crippen molar-refractivity contribution in [3.63, 3.8) is 0 Å². The monoisotopic (exact) mass is 1020 g/mol. The Balaban J connectivity index is 0.893. The van der Waals surface area contributed by atoms with Crippen molar-refractivity contribution < 1.29 is 0 Å². The molecular formula is C77H66N2. The van der Waals surface area contributed by atoms with E-state index < -0.39 is 5.41 Å². The fourth-order valence-corrected chi connectivity index (χ4v) is 18.1. The molecule has 2 nitrogen and oxygen atoms in total. The molecule has 2 heterocycles. The Labute approximate surface area is 465 Å². The van der Waals surface area contributed by atoms with Crippen LogP contribution in [0.2, 0.25) is 0 Å². The van der Waals surface area contributed by atoms with Gasteiger partial charge in [-0.3, -0.25) is 0 Å². The summed E-state index contributed by atoms with van der Waals surface area (Å²) in [7, 11) is 0. The van der Waals surface area contributed by atoms with Crippen LogP contribution in [0.25, 0.3) is 76.8 Å². The highest BCUT2D eigenvalue weighted by molar-refractivity contribution is 6.27. The normalized spacial score (nSPS) is 24.3. The van der Waals surface area contributed by atoms with Gasteiger partial charge in [0.2, 0.25) is 0 Å². The number of anilines is 4. The van der Waals surface area contributed by atoms with Crippen molar-refractivity contribution in [2.75, 3.05) is 9.80 Å². The summed E-state index contributed by atoms with van der Waals surface area (Å²) in [4.78, 5) is 5.45. The molecule has 11 aromatic carbocycles. The first kappa shape index (κ1) is 46.0. The van der Waals surface area contributed by atoms with Gasteiger partial charge in [-0.15, -0.1) is 0 Å². The Morgan fingerprint density at radius 3 is 1.41 bits per heavy atom. The minimum absolute atomic E-state index is 0.0530. The van der Waals surface area contributed by atoms with Gasteiger partial charge in [-0.05, 0) is 227 Å². The van der Waals surface area contributed by atoms with Gasteiger partial charge >= 0.3 is 0 Å². The van der Waals surface area contributed by atoms with Gasteiger partial charge in [0.05, 0.1) is 16.5 Å². The first-order valence-corrected chi connectivity index (χ1v) is 29.5. The van der Waals surface area contributed by atoms with Crippen LogP contribution in [0.4, 0.5) is 22.7 Å². The predicted molar refractivity (Wildman–Crippen MR) is 332 cm³/mol. The highest BCUT2D eigenvalue weighted by Crippen LogP contribution is 2.68. The zero-order valence-corrected chi connectivity index (χ0v) is 46.4. The lowest BCUT2D eigenvalue weighted by molar-refractivity contribution is 0.101. The quantitative estimate of drug-likeness (QED) is 0.162. The Morgan fingerprint density at radius 2 is 0.848 bits per heavy atom. The molecule has 2 aliphatic heterocycles. The molecule has 0 aromatic heterocycles. The molecule has 11 aromatic rings. The van der Waals surface area contributed by atoms with E-state index >= 15 is 0 Å². The van der Waals surface area contributed by atoms with Crippen molar-refractivity contribution in [3.8, 4) is 44.5 Å². The van der Waals surface area contributed by atoms with Gasteiger partial charge in [0.1, 0.15) is 0 Å². The van der Waals surface area contributed by atoms with Gasteiger partial charge in [-0.2, -0.15) is 0 Å². The predicted octanol–water partition coefficient (Wildman–Crippen LogP) is 20.7. The summed E-state index contributed by atoms with van der Waals surface area (Å²) in [5.41, 5.74) is 24.0. The van der Waals surface area contributed by atoms with Gasteiger partial charge < -0.3 is 9.80 Å². The molecule has 4 aliphatic carbocycles. The molecule has 0 saturated heterocycles. The van der Waals surface area contributed by atoms with E-state index in [1.807, 2.05) is 0 Å². The Bertz CT molecular complexity index is 4190. The van der Waals surface area contributed by atoms with Crippen molar-refractivity contribution in [1.82, 2.24) is 0 Å². The molecular weight excluding hydrogens is 953 g/mol. The second kappa shape index (κ2) is 15.7. The number of nitrogens with zero attached hydrogens (tertiary/aromatic N) is 2. The molecule has 79 heavy (non-hydrogen) atoms. The third-order valence-corrected chi connectivity index (χ3v) is 22.4. The average Bonchev–Trinajstić information content (AvgIpc) is 2.10. The molecule has 0 N–H and O–H groups in total. The molecule has 2 fully saturated rings. The van der Waals surface area contributed by atoms with Crippen LogP contribution < -0.4 is 9.80 Å². The molecule has 2 saturated carbocycles. The zero-order chi connectivity index (χ0) is 53.0. The Hall–Kier alpha value is -7.94. The van der Waals surface area contributed by atoms with Crippen LogP contribution in [0.1, 0.15) is 125 Å². The van der Waals surface area contributed by atoms with E-state index in [-0.39, 0.29) is 21.9 Å². The van der Waals surface area contributed by atoms with E-state index in [1.165, 1.54) is 171 Å². The molecule has 0 amide bonds. The highest BCUT2D eigenvalue weighted by Gasteiger charge is 2.60. The molecule has 2 heteroatoms. The average molecular weight is 1020 g/mol. The maximum absolute atomic E-state index is 2.72. The van der Waals surface area contributed by atoms with Crippen molar-refractivity contribution in [1.29, 1.82) is 0 Å². The number of para-hydroxylation sites is 2. The number of hydrogen-bond donors (Lipinski definition) is 0. The molecule has 4 atom stereocenters. The summed E-state index contributed by atoms with van der Waals surface area (Å²) in [6.45, 7) is 15.2. The fourth-order valence-electron chi connectivity index (χ4n) is 18.1. The maximum Gasteiger partial charge on any atom is 0.0726 e. The van der Waals surface area contributed by atoms with E-state index in [1.54, 1.807) is 0 Å². The SMILES string of the molecule is CC1(C)CCCC2c3cc(-c4ccc5c(c4)C4(c6cc(-c7ccc8c(c7)C7CCCC(C)(C)C7(C)N8c7ccccc7)ccc6-5)c5ccccc5-c5c4cc4ccc6cccc7ccc5c4c67)ccc3N(c3ccccc3)C21C. The second-order valence-electron chi connectivity index (χ2n) is 26.3. The lowest BCUT2D eigenvalue weighted by atomic mass is 9.58. The molecule has 384 valence electrons. The summed E-state index contributed by atoms with van der Waals surface area (Å²) >= 11 is 0. The van der Waals surface area contributed by atoms with Crippen LogP contribution >= 0.6 is 0 Å². The van der Waals surface area contributed by atoms with Crippen molar-refractivity contribution in [3.05, 3.63) is 240 Å². The number of benzene rings is 11. The van der Waals surface area contributed by atoms with Crippen LogP contribution in [0.5, 0.6) is 0 Å². The van der Waals surface area contributed by atoms with Crippen LogP contribution in [0, 0.1) is 10.8 Å². The Morgan fingerprint density at radius 1 is 0.367 bits per heavy atom. The first-order chi connectivity index (χ1) is 38.4. The first-order valence-electron chi connectivity index (χ1n) is 29.5. The van der Waals surface area contributed by atoms with Crippen molar-refractivity contribution in [2.45, 2.75) is 108 Å². The van der Waals surface area contributed by atoms with Crippen molar-refractivity contribution >= 4 is 55.1 Å². The van der Waals surface area contributed by atoms with Gasteiger partial charge in [0.25, 0.3) is 0 Å². The second-order valence-corrected chi connectivity index (χ2v) is 26.3. The summed E-state index contributed by atoms with van der Waals surface area (Å²) < 4.78 is 0. The van der Waals surface area contributed by atoms with Crippen molar-refractivity contribution in [2.24, 2.45) is 10.8 Å². The third kappa shape index (κ3) is 5.68. The van der Waals surface area contributed by atoms with E-state index in [9.17, 15) is 0 Å². The summed E-state index contributed by atoms with van der Waals surface area (Å²) in [5.74, 6) is 0.856. The number of hydrogen-bond acceptors (Lipinski definition) is 2. The minimum atomic E-state index is -0.563. The highest BCUT2D eigenvalue weighted by atomic mass is 15.3. The maximum atomic E-state index is 2.72. The third-order valence-electron chi connectivity index (χ3n) is 22.4. The van der Waals surface area contributed by atoms with Gasteiger partial charge in [-0.1, -0.05) is 180 Å². The van der Waals surface area contributed by atoms with Gasteiger partial charge in [-0.25, -0.2) is 0 Å². The van der Waals surface area contributed by atoms with Crippen LogP contribution in [-0.4, -0.2) is 11.1 Å². The number of fused-ring (bicyclic) bond motifs is 17. The molecule has 0 radical (unpaired) electrons. The van der Waals surface area contributed by atoms with E-state index in [0.29, 0.717) is 11.8 Å². The van der Waals surface area contributed by atoms with Gasteiger partial charge in [0.15, 0.2) is 0 Å². The molecule has 4 unspecified atom stereocenters. The molecule has 1 spiro atoms. The Kier molecular flexibility index (Phi) is 9.12. The van der Waals surface area contributed by atoms with Crippen LogP contribution in [0.15, 0.2) is 206 Å². The lowest BCUT2D eigenvalue weighted by Gasteiger charge is -2.55. The standard InChI is InChI=1S/C77H66N2/c1-73(2)40-16-26-62-60-42-49(33-38-68(60)78(75(62,73)5)54-20-9-7-10-21-54)51-31-35-56-57-36-32-52(50-34-39-69-61(43-50)63-27-17-41-74(3,4)76(63,6)79(69)55-22-11-8-12-23-55)45-66(57)77(65(56)44-51)64-25-14-13-24-58(64)72-59-37-30-48-19-15-18-47-28-29-53(46-67(72)77)71(59)70(47)48/h7-15,18-25,28-39,42-46,62-63H,16-17,26-27,40-41H2,1-6H3. The van der Waals surface area contributed by atoms with E-state index in [2.05, 4.69) is 258 Å². The van der Waals surface area contributed by atoms with E-state index in [4.69, 9.17) is 0 Å². The number of rotatable bonds is 4. The van der Waals surface area contributed by atoms with Crippen LogP contribution in [0.3, 0.4) is 0 Å². The molecule has 17 rings (SSSR count). The summed E-state index contributed by atoms with van der Waals surface area (Å²) in [6, 6.07) is 81.0. The largest absolute Gasteiger partial charge is 0.334 e. The van der Waals surface area contributed by atoms with Crippen LogP contribution in [-0.2, 0) is 5.41 Å². The smallest absolute Gasteiger partial charge is 0.0726 e. The summed E-state index contributed by atoms with van der Waals surface area (Å²) in [6.07, 6.45) is 7.35. The van der Waals surface area contributed by atoms with E-state index in [0.717, 1.165) is 0 Å². The molecule has 0 bridgehead atoms. The fraction of sp³-hybridized carbons (Fsp3) is 0.247. The van der Waals surface area contributed by atoms with Gasteiger partial charge in [0, 0.05) is 34.6 Å². The summed E-state index contributed by atoms with van der Waals surface area (Å²) in [5, 5.41) is 8.02. The zero-order valence-electron chi connectivity index (χ0n) is 46.4. The molecule has 6 aliphatic rings. The topological polar surface area (TPSA) is 6.48 Å². The minimum Gasteiger partial charge on any atom is -0.334 e.